The average Bonchev–Trinajstić information content (AvgIpc) is 2.49. The number of hydrogen-bond acceptors (Lipinski definition) is 3. The van der Waals surface area contributed by atoms with Gasteiger partial charge >= 0.3 is 6.18 Å². The summed E-state index contributed by atoms with van der Waals surface area (Å²) in [5, 5.41) is 0. The van der Waals surface area contributed by atoms with Crippen LogP contribution in [0.25, 0.3) is 0 Å². The van der Waals surface area contributed by atoms with Crippen molar-refractivity contribution < 1.29 is 18.0 Å². The van der Waals surface area contributed by atoms with Crippen molar-refractivity contribution >= 4 is 5.91 Å². The molecule has 1 saturated heterocycles. The van der Waals surface area contributed by atoms with E-state index in [0.29, 0.717) is 19.6 Å². The lowest BCUT2D eigenvalue weighted by Crippen LogP contribution is -2.44. The van der Waals surface area contributed by atoms with E-state index in [1.165, 1.54) is 0 Å². The van der Waals surface area contributed by atoms with Gasteiger partial charge in [0.05, 0.1) is 24.7 Å². The highest BCUT2D eigenvalue weighted by molar-refractivity contribution is 5.77. The molecule has 0 atom stereocenters. The third-order valence-corrected chi connectivity index (χ3v) is 4.21. The van der Waals surface area contributed by atoms with Crippen molar-refractivity contribution in [3.05, 3.63) is 29.6 Å². The maximum Gasteiger partial charge on any atom is 0.391 e. The Kier molecular flexibility index (Phi) is 5.62. The van der Waals surface area contributed by atoms with Crippen molar-refractivity contribution in [1.82, 2.24) is 14.8 Å². The molecule has 7 heteroatoms. The molecule has 2 rings (SSSR count). The number of alkyl halides is 3. The number of pyridine rings is 1. The molecule has 1 aromatic rings. The number of aromatic nitrogens is 1. The average molecular weight is 329 g/mol. The second-order valence-corrected chi connectivity index (χ2v) is 6.17. The highest BCUT2D eigenvalue weighted by atomic mass is 19.4. The molecule has 1 fully saturated rings. The van der Waals surface area contributed by atoms with Gasteiger partial charge in [-0.3, -0.25) is 14.7 Å². The minimum absolute atomic E-state index is 0.0695. The molecule has 0 unspecified atom stereocenters. The first-order chi connectivity index (χ1) is 10.8. The standard InChI is InChI=1S/C16H22F3N3O/c1-12-3-4-14(20-9-12)10-21(2)15(23)11-22-7-5-13(6-8-22)16(17,18)19/h3-4,9,13H,5-8,10-11H2,1-2H3. The molecule has 0 aliphatic carbocycles. The maximum absolute atomic E-state index is 12.6. The summed E-state index contributed by atoms with van der Waals surface area (Å²) >= 11 is 0. The van der Waals surface area contributed by atoms with E-state index in [2.05, 4.69) is 4.98 Å². The topological polar surface area (TPSA) is 36.4 Å². The number of hydrogen-bond donors (Lipinski definition) is 0. The number of aryl methyl sites for hydroxylation is 1. The van der Waals surface area contributed by atoms with Crippen molar-refractivity contribution in [3.8, 4) is 0 Å². The lowest BCUT2D eigenvalue weighted by Gasteiger charge is -2.33. The summed E-state index contributed by atoms with van der Waals surface area (Å²) in [6, 6.07) is 3.80. The molecule has 23 heavy (non-hydrogen) atoms. The molecule has 1 amide bonds. The zero-order chi connectivity index (χ0) is 17.0. The quantitative estimate of drug-likeness (QED) is 0.852. The van der Waals surface area contributed by atoms with Crippen molar-refractivity contribution in [2.24, 2.45) is 5.92 Å². The molecule has 4 nitrogen and oxygen atoms in total. The van der Waals surface area contributed by atoms with Crippen molar-refractivity contribution in [2.45, 2.75) is 32.5 Å². The number of likely N-dealkylation sites (tertiary alicyclic amines) is 1. The van der Waals surface area contributed by atoms with E-state index in [4.69, 9.17) is 0 Å². The summed E-state index contributed by atoms with van der Waals surface area (Å²) < 4.78 is 37.9. The number of nitrogens with zero attached hydrogens (tertiary/aromatic N) is 3. The van der Waals surface area contributed by atoms with Crippen molar-refractivity contribution in [1.29, 1.82) is 0 Å². The summed E-state index contributed by atoms with van der Waals surface area (Å²) in [6.07, 6.45) is -2.24. The van der Waals surface area contributed by atoms with Crippen LogP contribution in [0.1, 0.15) is 24.1 Å². The largest absolute Gasteiger partial charge is 0.391 e. The van der Waals surface area contributed by atoms with Gasteiger partial charge in [0.15, 0.2) is 0 Å². The molecule has 0 saturated carbocycles. The Hall–Kier alpha value is -1.63. The van der Waals surface area contributed by atoms with Gasteiger partial charge in [-0.25, -0.2) is 0 Å². The van der Waals surface area contributed by atoms with Crippen molar-refractivity contribution in [2.75, 3.05) is 26.7 Å². The summed E-state index contributed by atoms with van der Waals surface area (Å²) in [5.74, 6) is -1.33. The molecule has 1 aliphatic rings. The molecular weight excluding hydrogens is 307 g/mol. The molecular formula is C16H22F3N3O. The third-order valence-electron chi connectivity index (χ3n) is 4.21. The molecule has 0 bridgehead atoms. The van der Waals surface area contributed by atoms with Gasteiger partial charge < -0.3 is 4.90 Å². The van der Waals surface area contributed by atoms with Crippen LogP contribution in [-0.4, -0.2) is 53.5 Å². The van der Waals surface area contributed by atoms with E-state index >= 15 is 0 Å². The van der Waals surface area contributed by atoms with Gasteiger partial charge in [0.2, 0.25) is 5.91 Å². The van der Waals surface area contributed by atoms with E-state index in [-0.39, 0.29) is 25.3 Å². The Labute approximate surface area is 134 Å². The lowest BCUT2D eigenvalue weighted by molar-refractivity contribution is -0.185. The number of rotatable bonds is 4. The number of likely N-dealkylation sites (N-methyl/N-ethyl adjacent to an activating group) is 1. The predicted octanol–water partition coefficient (Wildman–Crippen LogP) is 2.62. The SMILES string of the molecule is Cc1ccc(CN(C)C(=O)CN2CCC(C(F)(F)F)CC2)nc1. The van der Waals surface area contributed by atoms with E-state index < -0.39 is 12.1 Å². The molecule has 0 spiro atoms. The Bertz CT molecular complexity index is 522. The van der Waals surface area contributed by atoms with Crippen LogP contribution in [0.5, 0.6) is 0 Å². The molecule has 1 aliphatic heterocycles. The van der Waals surface area contributed by atoms with Crippen LogP contribution in [0.2, 0.25) is 0 Å². The van der Waals surface area contributed by atoms with E-state index in [0.717, 1.165) is 11.3 Å². The predicted molar refractivity (Wildman–Crippen MR) is 80.7 cm³/mol. The number of carbonyl (C=O) groups excluding carboxylic acids is 1. The number of halogens is 3. The van der Waals surface area contributed by atoms with Gasteiger partial charge in [-0.1, -0.05) is 6.07 Å². The lowest BCUT2D eigenvalue weighted by atomic mass is 9.96. The first kappa shape index (κ1) is 17.7. The van der Waals surface area contributed by atoms with Gasteiger partial charge in [-0.05, 0) is 44.5 Å². The monoisotopic (exact) mass is 329 g/mol. The summed E-state index contributed by atoms with van der Waals surface area (Å²) in [6.45, 7) is 3.13. The van der Waals surface area contributed by atoms with Crippen molar-refractivity contribution in [3.63, 3.8) is 0 Å². The minimum atomic E-state index is -4.12. The molecule has 0 N–H and O–H groups in total. The minimum Gasteiger partial charge on any atom is -0.339 e. The fourth-order valence-electron chi connectivity index (χ4n) is 2.65. The van der Waals surface area contributed by atoms with Crippen LogP contribution >= 0.6 is 0 Å². The first-order valence-electron chi connectivity index (χ1n) is 7.70. The van der Waals surface area contributed by atoms with Gasteiger partial charge in [-0.15, -0.1) is 0 Å². The Morgan fingerprint density at radius 1 is 1.35 bits per heavy atom. The fourth-order valence-corrected chi connectivity index (χ4v) is 2.65. The zero-order valence-corrected chi connectivity index (χ0v) is 13.4. The Morgan fingerprint density at radius 2 is 2.00 bits per heavy atom. The smallest absolute Gasteiger partial charge is 0.339 e. The molecule has 0 aromatic carbocycles. The van der Waals surface area contributed by atoms with Gasteiger partial charge in [0.1, 0.15) is 0 Å². The van der Waals surface area contributed by atoms with Crippen LogP contribution in [0.4, 0.5) is 13.2 Å². The molecule has 0 radical (unpaired) electrons. The normalized spacial score (nSPS) is 17.3. The molecule has 2 heterocycles. The second-order valence-electron chi connectivity index (χ2n) is 6.17. The van der Waals surface area contributed by atoms with E-state index in [1.54, 1.807) is 23.0 Å². The van der Waals surface area contributed by atoms with E-state index in [1.807, 2.05) is 19.1 Å². The Balaban J connectivity index is 1.79. The molecule has 128 valence electrons. The van der Waals surface area contributed by atoms with Gasteiger partial charge in [0, 0.05) is 13.2 Å². The second kappa shape index (κ2) is 7.29. The van der Waals surface area contributed by atoms with Gasteiger partial charge in [-0.2, -0.15) is 13.2 Å². The van der Waals surface area contributed by atoms with Crippen LogP contribution in [0.15, 0.2) is 18.3 Å². The number of amides is 1. The highest BCUT2D eigenvalue weighted by Gasteiger charge is 2.41. The van der Waals surface area contributed by atoms with E-state index in [9.17, 15) is 18.0 Å². The number of piperidine rings is 1. The Morgan fingerprint density at radius 3 is 2.52 bits per heavy atom. The van der Waals surface area contributed by atoms with Crippen LogP contribution in [0.3, 0.4) is 0 Å². The summed E-state index contributed by atoms with van der Waals surface area (Å²) in [5.41, 5.74) is 1.84. The zero-order valence-electron chi connectivity index (χ0n) is 13.4. The summed E-state index contributed by atoms with van der Waals surface area (Å²) in [7, 11) is 1.69. The highest BCUT2D eigenvalue weighted by Crippen LogP contribution is 2.33. The van der Waals surface area contributed by atoms with Crippen LogP contribution < -0.4 is 0 Å². The van der Waals surface area contributed by atoms with Crippen LogP contribution in [-0.2, 0) is 11.3 Å². The maximum atomic E-state index is 12.6. The first-order valence-corrected chi connectivity index (χ1v) is 7.70. The fraction of sp³-hybridized carbons (Fsp3) is 0.625. The summed E-state index contributed by atoms with van der Waals surface area (Å²) in [4.78, 5) is 19.8. The third kappa shape index (κ3) is 5.20. The van der Waals surface area contributed by atoms with Crippen LogP contribution in [0, 0.1) is 12.8 Å². The molecule has 1 aromatic heterocycles. The number of carbonyl (C=O) groups is 1. The van der Waals surface area contributed by atoms with Gasteiger partial charge in [0.25, 0.3) is 0 Å².